The van der Waals surface area contributed by atoms with Crippen LogP contribution < -0.4 is 20.7 Å². The van der Waals surface area contributed by atoms with Gasteiger partial charge in [-0.1, -0.05) is 221 Å². The van der Waals surface area contributed by atoms with E-state index in [4.69, 9.17) is 5.32 Å². The standard InChI is InChI=1S/C27H36N2.C24H18NSi.Au/c1-18(2)22-11-9-12-23(19(3)4)26(22)28-15-16-29(17-28)27-24(20(5)6)13-10-14-25(27)21(7)8;1-3-11-19(12-4-1)26(20-13-5-2-6-14-20)23-17-9-7-15-21(23)25-22-16-8-10-18-24(22)26;/h9-16,18-21H,1-8H3;1-18H;/q+2;-1;+1. The molecule has 0 saturated heterocycles. The molecule has 0 saturated carbocycles. The second-order valence-electron chi connectivity index (χ2n) is 16.0. The Hall–Kier alpha value is -4.80. The number of hydrogen-bond acceptors (Lipinski definition) is 0. The molecule has 0 atom stereocenters. The van der Waals surface area contributed by atoms with Crippen LogP contribution in [0.25, 0.3) is 5.32 Å². The Bertz CT molecular complexity index is 2190. The summed E-state index contributed by atoms with van der Waals surface area (Å²) in [5, 5.41) is 10.5. The first-order chi connectivity index (χ1) is 26.6. The van der Waals surface area contributed by atoms with Crippen molar-refractivity contribution in [2.45, 2.75) is 79.1 Å². The molecule has 56 heavy (non-hydrogen) atoms. The van der Waals surface area contributed by atoms with Crippen LogP contribution in [0.1, 0.15) is 101 Å². The Kier molecular flexibility index (Phi) is 12.8. The normalized spacial score (nSPS) is 13.6. The molecule has 0 amide bonds. The molecule has 0 aliphatic carbocycles. The number of hydrogen-bond donors (Lipinski definition) is 0. The molecule has 0 unspecified atom stereocenters. The van der Waals surface area contributed by atoms with Gasteiger partial charge in [-0.2, -0.15) is 0 Å². The Labute approximate surface area is 351 Å². The number of benzene rings is 6. The monoisotopic (exact) mass is 933 g/mol. The summed E-state index contributed by atoms with van der Waals surface area (Å²) in [6.07, 6.45) is 4.32. The van der Waals surface area contributed by atoms with Gasteiger partial charge in [0.05, 0.1) is 0 Å². The summed E-state index contributed by atoms with van der Waals surface area (Å²) in [4.78, 5) is 0. The molecule has 0 N–H and O–H groups in total. The molecule has 0 radical (unpaired) electrons. The number of nitrogens with zero attached hydrogens (tertiary/aromatic N) is 3. The van der Waals surface area contributed by atoms with Crippen molar-refractivity contribution in [1.29, 1.82) is 0 Å². The van der Waals surface area contributed by atoms with Crippen LogP contribution in [0.2, 0.25) is 0 Å². The summed E-state index contributed by atoms with van der Waals surface area (Å²) in [7, 11) is -2.37. The van der Waals surface area contributed by atoms with Crippen molar-refractivity contribution in [3.63, 3.8) is 0 Å². The Morgan fingerprint density at radius 1 is 0.411 bits per heavy atom. The van der Waals surface area contributed by atoms with Crippen molar-refractivity contribution in [3.8, 4) is 0 Å². The average molecular weight is 934 g/mol. The van der Waals surface area contributed by atoms with Crippen molar-refractivity contribution in [3.05, 3.63) is 186 Å². The van der Waals surface area contributed by atoms with Gasteiger partial charge in [0, 0.05) is 22.3 Å². The second-order valence-corrected chi connectivity index (χ2v) is 19.7. The van der Waals surface area contributed by atoms with Gasteiger partial charge in [0.1, 0.15) is 0 Å². The number of para-hydroxylation sites is 4. The van der Waals surface area contributed by atoms with E-state index >= 15 is 0 Å². The molecular formula is C51H54AuN3Si+2. The van der Waals surface area contributed by atoms with E-state index in [1.54, 1.807) is 0 Å². The Morgan fingerprint density at radius 2 is 0.732 bits per heavy atom. The van der Waals surface area contributed by atoms with Crippen LogP contribution in [0, 0.1) is 0 Å². The van der Waals surface area contributed by atoms with Crippen LogP contribution in [-0.4, -0.2) is 23.2 Å². The SMILES string of the molecule is CC(C)c1cccc(C(C)C)c1[N+]1=C=[N+](c2c(C(C)C)cccc2C(C)C)C=C1.[Au+].c1ccc([Si]2(c3ccccc3)c3ccccc3[N-]c3ccccc32)cc1. The molecule has 2 heterocycles. The van der Waals surface area contributed by atoms with Crippen LogP contribution >= 0.6 is 0 Å². The predicted molar refractivity (Wildman–Crippen MR) is 236 cm³/mol. The molecule has 286 valence electrons. The van der Waals surface area contributed by atoms with E-state index in [9.17, 15) is 0 Å². The molecule has 5 heteroatoms. The minimum absolute atomic E-state index is 0. The third-order valence-electron chi connectivity index (χ3n) is 11.0. The first-order valence-electron chi connectivity index (χ1n) is 19.9. The van der Waals surface area contributed by atoms with Gasteiger partial charge in [0.15, 0.2) is 8.07 Å². The van der Waals surface area contributed by atoms with E-state index in [0.717, 1.165) is 11.4 Å². The maximum atomic E-state index is 4.99. The quantitative estimate of drug-likeness (QED) is 0.107. The third-order valence-corrected chi connectivity index (χ3v) is 15.9. The average Bonchev–Trinajstić information content (AvgIpc) is 3.70. The van der Waals surface area contributed by atoms with Crippen molar-refractivity contribution >= 4 is 57.6 Å². The number of rotatable bonds is 8. The van der Waals surface area contributed by atoms with E-state index in [0.29, 0.717) is 23.7 Å². The van der Waals surface area contributed by atoms with Crippen LogP contribution in [0.3, 0.4) is 0 Å². The molecule has 6 aromatic rings. The van der Waals surface area contributed by atoms with Crippen molar-refractivity contribution in [1.82, 2.24) is 0 Å². The molecular weight excluding hydrogens is 880 g/mol. The van der Waals surface area contributed by atoms with Gasteiger partial charge in [-0.3, -0.25) is 0 Å². The largest absolute Gasteiger partial charge is 1.00 e. The first kappa shape index (κ1) is 40.8. The minimum atomic E-state index is -2.37. The summed E-state index contributed by atoms with van der Waals surface area (Å²) >= 11 is 0. The molecule has 6 aromatic carbocycles. The van der Waals surface area contributed by atoms with E-state index < -0.39 is 8.07 Å². The molecule has 2 aliphatic heterocycles. The van der Waals surface area contributed by atoms with Crippen molar-refractivity contribution in [2.75, 3.05) is 0 Å². The van der Waals surface area contributed by atoms with Gasteiger partial charge in [0.25, 0.3) is 12.4 Å². The van der Waals surface area contributed by atoms with Crippen molar-refractivity contribution < 1.29 is 31.5 Å². The smallest absolute Gasteiger partial charge is 0.658 e. The summed E-state index contributed by atoms with van der Waals surface area (Å²) in [6.45, 7) is 18.2. The topological polar surface area (TPSA) is 20.1 Å². The fourth-order valence-corrected chi connectivity index (χ4v) is 13.4. The number of fused-ring (bicyclic) bond motifs is 2. The van der Waals surface area contributed by atoms with Gasteiger partial charge in [-0.05, 0) is 34.0 Å². The van der Waals surface area contributed by atoms with E-state index in [1.807, 2.05) is 0 Å². The van der Waals surface area contributed by atoms with Gasteiger partial charge in [-0.25, -0.2) is 0 Å². The van der Waals surface area contributed by atoms with Crippen LogP contribution in [-0.2, 0) is 22.4 Å². The zero-order valence-electron chi connectivity index (χ0n) is 34.0. The summed E-state index contributed by atoms with van der Waals surface area (Å²) in [5.74, 6) is 1.84. The molecule has 2 aliphatic rings. The van der Waals surface area contributed by atoms with E-state index in [2.05, 4.69) is 229 Å². The van der Waals surface area contributed by atoms with Gasteiger partial charge in [0.2, 0.25) is 11.4 Å². The Balaban J connectivity index is 0.000000187. The maximum Gasteiger partial charge on any atom is 1.00 e. The third kappa shape index (κ3) is 7.65. The molecule has 0 bridgehead atoms. The second kappa shape index (κ2) is 17.6. The predicted octanol–water partition coefficient (Wildman–Crippen LogP) is 11.5. The first-order valence-corrected chi connectivity index (χ1v) is 21.9. The molecule has 8 rings (SSSR count). The fraction of sp³-hybridized carbons (Fsp3) is 0.235. The van der Waals surface area contributed by atoms with Crippen molar-refractivity contribution in [2.24, 2.45) is 0 Å². The van der Waals surface area contributed by atoms with Gasteiger partial charge < -0.3 is 5.32 Å². The zero-order chi connectivity index (χ0) is 38.7. The van der Waals surface area contributed by atoms with Crippen LogP contribution in [0.4, 0.5) is 22.7 Å². The van der Waals surface area contributed by atoms with Crippen LogP contribution in [0.15, 0.2) is 158 Å². The Morgan fingerprint density at radius 3 is 1.07 bits per heavy atom. The van der Waals surface area contributed by atoms with E-state index in [-0.39, 0.29) is 22.4 Å². The minimum Gasteiger partial charge on any atom is -0.658 e. The maximum absolute atomic E-state index is 4.99. The van der Waals surface area contributed by atoms with E-state index in [1.165, 1.54) is 54.4 Å². The van der Waals surface area contributed by atoms with Gasteiger partial charge >= 0.3 is 28.4 Å². The fourth-order valence-electron chi connectivity index (χ4n) is 8.36. The summed E-state index contributed by atoms with van der Waals surface area (Å²) in [6, 6.07) is 56.4. The molecule has 0 spiro atoms. The summed E-state index contributed by atoms with van der Waals surface area (Å²) in [5.41, 5.74) is 10.3. The molecule has 0 aromatic heterocycles. The van der Waals surface area contributed by atoms with Gasteiger partial charge in [-0.15, -0.1) is 11.4 Å². The summed E-state index contributed by atoms with van der Waals surface area (Å²) < 4.78 is 4.40. The molecule has 3 nitrogen and oxygen atoms in total. The van der Waals surface area contributed by atoms with Crippen LogP contribution in [0.5, 0.6) is 0 Å². The zero-order valence-corrected chi connectivity index (χ0v) is 37.1. The molecule has 0 fully saturated rings.